The molecular weight excluding hydrogens is 440 g/mol. The Balaban J connectivity index is 1.89. The summed E-state index contributed by atoms with van der Waals surface area (Å²) < 4.78 is 10.7. The lowest BCUT2D eigenvalue weighted by Crippen LogP contribution is -2.52. The van der Waals surface area contributed by atoms with Crippen LogP contribution in [0.5, 0.6) is 5.75 Å². The fourth-order valence-corrected chi connectivity index (χ4v) is 4.33. The van der Waals surface area contributed by atoms with E-state index in [2.05, 4.69) is 5.32 Å². The van der Waals surface area contributed by atoms with E-state index in [-0.39, 0.29) is 24.5 Å². The average Bonchev–Trinajstić information content (AvgIpc) is 3.45. The van der Waals surface area contributed by atoms with Gasteiger partial charge in [-0.3, -0.25) is 4.79 Å². The van der Waals surface area contributed by atoms with Crippen molar-refractivity contribution in [3.05, 3.63) is 52.2 Å². The summed E-state index contributed by atoms with van der Waals surface area (Å²) in [4.78, 5) is 28.8. The molecule has 3 rings (SSSR count). The summed E-state index contributed by atoms with van der Waals surface area (Å²) in [5, 5.41) is 11.1. The van der Waals surface area contributed by atoms with E-state index in [1.165, 1.54) is 9.91 Å². The van der Waals surface area contributed by atoms with Gasteiger partial charge in [-0.15, -0.1) is 11.3 Å². The van der Waals surface area contributed by atoms with Crippen LogP contribution in [0.25, 0.3) is 0 Å². The zero-order chi connectivity index (χ0) is 24.0. The first-order chi connectivity index (χ1) is 15.7. The third-order valence-electron chi connectivity index (χ3n) is 5.13. The summed E-state index contributed by atoms with van der Waals surface area (Å²) in [6, 6.07) is 11.0. The Morgan fingerprint density at radius 1 is 1.21 bits per heavy atom. The second-order valence-electron chi connectivity index (χ2n) is 8.82. The van der Waals surface area contributed by atoms with Crippen LogP contribution < -0.4 is 10.1 Å². The molecule has 0 fully saturated rings. The van der Waals surface area contributed by atoms with Gasteiger partial charge < -0.3 is 19.7 Å². The number of rotatable bonds is 8. The molecule has 0 saturated carbocycles. The minimum Gasteiger partial charge on any atom is -0.496 e. The quantitative estimate of drug-likeness (QED) is 0.632. The number of benzene rings is 1. The van der Waals surface area contributed by atoms with E-state index in [0.29, 0.717) is 25.3 Å². The zero-order valence-corrected chi connectivity index (χ0v) is 20.6. The van der Waals surface area contributed by atoms with E-state index in [4.69, 9.17) is 14.6 Å². The smallest absolute Gasteiger partial charge is 0.318 e. The van der Waals surface area contributed by atoms with Crippen LogP contribution in [0.4, 0.5) is 4.79 Å². The van der Waals surface area contributed by atoms with Crippen LogP contribution in [0, 0.1) is 0 Å². The van der Waals surface area contributed by atoms with Crippen molar-refractivity contribution in [1.82, 2.24) is 15.2 Å². The highest BCUT2D eigenvalue weighted by Gasteiger charge is 2.36. The van der Waals surface area contributed by atoms with Crippen molar-refractivity contribution in [2.45, 2.75) is 38.8 Å². The number of carbonyl (C=O) groups is 2. The third-order valence-corrected chi connectivity index (χ3v) is 6.05. The Bertz CT molecular complexity index is 985. The lowest BCUT2D eigenvalue weighted by atomic mass is 10.00. The number of ether oxygens (including phenoxy) is 2. The molecule has 0 saturated heterocycles. The number of hydrazone groups is 1. The molecule has 2 heterocycles. The Morgan fingerprint density at radius 3 is 2.61 bits per heavy atom. The van der Waals surface area contributed by atoms with E-state index in [1.54, 1.807) is 25.6 Å². The molecular formula is C24H32N4O4S. The lowest BCUT2D eigenvalue weighted by molar-refractivity contribution is -0.133. The number of carbonyl (C=O) groups excluding carboxylic acids is 2. The highest BCUT2D eigenvalue weighted by atomic mass is 32.1. The van der Waals surface area contributed by atoms with Gasteiger partial charge >= 0.3 is 6.03 Å². The van der Waals surface area contributed by atoms with Crippen LogP contribution in [-0.4, -0.2) is 67.0 Å². The number of nitrogens with zero attached hydrogens (tertiary/aromatic N) is 3. The molecule has 1 aromatic heterocycles. The van der Waals surface area contributed by atoms with Gasteiger partial charge in [0, 0.05) is 31.2 Å². The van der Waals surface area contributed by atoms with Crippen molar-refractivity contribution in [3.8, 4) is 5.75 Å². The van der Waals surface area contributed by atoms with Gasteiger partial charge in [-0.1, -0.05) is 24.3 Å². The van der Waals surface area contributed by atoms with Gasteiger partial charge in [0.1, 0.15) is 12.3 Å². The maximum Gasteiger partial charge on any atom is 0.318 e. The van der Waals surface area contributed by atoms with Gasteiger partial charge in [0.15, 0.2) is 0 Å². The number of methoxy groups -OCH3 is 2. The van der Waals surface area contributed by atoms with Crippen LogP contribution in [0.2, 0.25) is 0 Å². The first-order valence-electron chi connectivity index (χ1n) is 10.9. The fraction of sp³-hybridized carbons (Fsp3) is 0.458. The van der Waals surface area contributed by atoms with Crippen molar-refractivity contribution in [3.63, 3.8) is 0 Å². The Hall–Kier alpha value is -2.91. The SMILES string of the molecule is COCCN(CC(=O)N1N=C(c2cccs2)C[C@H]1c1ccccc1OC)C(=O)NC(C)(C)C. The number of amides is 3. The van der Waals surface area contributed by atoms with Gasteiger partial charge in [-0.25, -0.2) is 9.80 Å². The maximum atomic E-state index is 13.5. The van der Waals surface area contributed by atoms with Crippen molar-refractivity contribution >= 4 is 29.0 Å². The van der Waals surface area contributed by atoms with Crippen LogP contribution in [0.15, 0.2) is 46.9 Å². The van der Waals surface area contributed by atoms with Gasteiger partial charge in [0.2, 0.25) is 0 Å². The summed E-state index contributed by atoms with van der Waals surface area (Å²) >= 11 is 1.59. The van der Waals surface area contributed by atoms with Crippen molar-refractivity contribution in [1.29, 1.82) is 0 Å². The molecule has 2 aromatic rings. The second kappa shape index (κ2) is 10.8. The van der Waals surface area contributed by atoms with Crippen LogP contribution in [0.1, 0.15) is 43.7 Å². The molecule has 178 valence electrons. The van der Waals surface area contributed by atoms with Crippen LogP contribution >= 0.6 is 11.3 Å². The summed E-state index contributed by atoms with van der Waals surface area (Å²) in [5.41, 5.74) is 1.30. The normalized spacial score (nSPS) is 15.8. The summed E-state index contributed by atoms with van der Waals surface area (Å²) in [6.07, 6.45) is 0.568. The van der Waals surface area contributed by atoms with E-state index >= 15 is 0 Å². The lowest BCUT2D eigenvalue weighted by Gasteiger charge is -2.30. The Kier molecular flexibility index (Phi) is 8.10. The largest absolute Gasteiger partial charge is 0.496 e. The molecule has 9 heteroatoms. The maximum absolute atomic E-state index is 13.5. The Labute approximate surface area is 199 Å². The third kappa shape index (κ3) is 6.33. The highest BCUT2D eigenvalue weighted by Crippen LogP contribution is 2.38. The van der Waals surface area contributed by atoms with Crippen molar-refractivity contribution in [2.75, 3.05) is 33.9 Å². The van der Waals surface area contributed by atoms with Crippen molar-refractivity contribution in [2.24, 2.45) is 5.10 Å². The van der Waals surface area contributed by atoms with Crippen LogP contribution in [0.3, 0.4) is 0 Å². The molecule has 1 N–H and O–H groups in total. The molecule has 1 aromatic carbocycles. The molecule has 0 bridgehead atoms. The predicted molar refractivity (Wildman–Crippen MR) is 130 cm³/mol. The minimum absolute atomic E-state index is 0.113. The monoisotopic (exact) mass is 472 g/mol. The highest BCUT2D eigenvalue weighted by molar-refractivity contribution is 7.12. The standard InChI is InChI=1S/C24H32N4O4S/c1-24(2,3)25-23(30)27(12-13-31-4)16-22(29)28-19(17-9-6-7-10-20(17)32-5)15-18(26-28)21-11-8-14-33-21/h6-11,14,19H,12-13,15-16H2,1-5H3,(H,25,30)/t19-/m0/s1. The molecule has 1 aliphatic heterocycles. The van der Waals surface area contributed by atoms with Gasteiger partial charge in [-0.2, -0.15) is 5.10 Å². The molecule has 0 unspecified atom stereocenters. The number of thiophene rings is 1. The molecule has 0 spiro atoms. The van der Waals surface area contributed by atoms with Gasteiger partial charge in [-0.05, 0) is 38.3 Å². The van der Waals surface area contributed by atoms with E-state index in [0.717, 1.165) is 16.2 Å². The number of para-hydroxylation sites is 1. The average molecular weight is 473 g/mol. The van der Waals surface area contributed by atoms with Crippen molar-refractivity contribution < 1.29 is 19.1 Å². The first-order valence-corrected chi connectivity index (χ1v) is 11.7. The predicted octanol–water partition coefficient (Wildman–Crippen LogP) is 3.89. The minimum atomic E-state index is -0.427. The summed E-state index contributed by atoms with van der Waals surface area (Å²) in [6.45, 7) is 6.20. The van der Waals surface area contributed by atoms with Gasteiger partial charge in [0.25, 0.3) is 5.91 Å². The number of nitrogens with one attached hydrogen (secondary N) is 1. The molecule has 0 radical (unpaired) electrons. The first kappa shape index (κ1) is 24.7. The number of hydrogen-bond donors (Lipinski definition) is 1. The molecule has 0 aliphatic carbocycles. The molecule has 1 aliphatic rings. The van der Waals surface area contributed by atoms with E-state index in [9.17, 15) is 9.59 Å². The van der Waals surface area contributed by atoms with E-state index in [1.807, 2.05) is 62.5 Å². The second-order valence-corrected chi connectivity index (χ2v) is 9.77. The molecule has 8 nitrogen and oxygen atoms in total. The van der Waals surface area contributed by atoms with Crippen LogP contribution in [-0.2, 0) is 9.53 Å². The fourth-order valence-electron chi connectivity index (χ4n) is 3.61. The molecule has 1 atom stereocenters. The number of urea groups is 1. The van der Waals surface area contributed by atoms with E-state index < -0.39 is 5.54 Å². The molecule has 3 amide bonds. The Morgan fingerprint density at radius 2 is 1.97 bits per heavy atom. The van der Waals surface area contributed by atoms with Gasteiger partial charge in [0.05, 0.1) is 30.3 Å². The zero-order valence-electron chi connectivity index (χ0n) is 19.8. The summed E-state index contributed by atoms with van der Waals surface area (Å²) in [5.74, 6) is 0.433. The summed E-state index contributed by atoms with van der Waals surface area (Å²) in [7, 11) is 3.18. The molecule has 33 heavy (non-hydrogen) atoms. The number of hydrogen-bond acceptors (Lipinski definition) is 6. The topological polar surface area (TPSA) is 83.5 Å².